The number of rotatable bonds is 2. The Morgan fingerprint density at radius 2 is 2.15 bits per heavy atom. The fraction of sp³-hybridized carbons (Fsp3) is 0.357. The number of fused-ring (bicyclic) bond motifs is 1. The van der Waals surface area contributed by atoms with Crippen molar-refractivity contribution in [3.63, 3.8) is 0 Å². The zero-order valence-electron chi connectivity index (χ0n) is 11.5. The van der Waals surface area contributed by atoms with Gasteiger partial charge in [-0.3, -0.25) is 14.7 Å². The van der Waals surface area contributed by atoms with Crippen molar-refractivity contribution >= 4 is 28.8 Å². The molecule has 0 saturated heterocycles. The van der Waals surface area contributed by atoms with Gasteiger partial charge in [-0.25, -0.2) is 0 Å². The van der Waals surface area contributed by atoms with Crippen LogP contribution in [0.4, 0.5) is 5.82 Å². The van der Waals surface area contributed by atoms with E-state index in [1.54, 1.807) is 11.3 Å². The first-order valence-electron chi connectivity index (χ1n) is 6.43. The lowest BCUT2D eigenvalue weighted by Crippen LogP contribution is -2.27. The lowest BCUT2D eigenvalue weighted by atomic mass is 9.85. The molecule has 1 aliphatic rings. The summed E-state index contributed by atoms with van der Waals surface area (Å²) in [6, 6.07) is 1.91. The van der Waals surface area contributed by atoms with Gasteiger partial charge in [-0.15, -0.1) is 11.3 Å². The number of aromatic amines is 1. The van der Waals surface area contributed by atoms with E-state index < -0.39 is 5.92 Å². The lowest BCUT2D eigenvalue weighted by molar-refractivity contribution is -0.116. The molecule has 1 amide bonds. The minimum Gasteiger partial charge on any atom is -0.309 e. The molecule has 2 N–H and O–H groups in total. The summed E-state index contributed by atoms with van der Waals surface area (Å²) in [5, 5.41) is 9.60. The van der Waals surface area contributed by atoms with Crippen LogP contribution in [-0.2, 0) is 4.79 Å². The summed E-state index contributed by atoms with van der Waals surface area (Å²) in [7, 11) is 0. The first-order chi connectivity index (χ1) is 9.47. The van der Waals surface area contributed by atoms with Crippen LogP contribution in [0.1, 0.15) is 43.7 Å². The van der Waals surface area contributed by atoms with Crippen molar-refractivity contribution in [3.8, 4) is 0 Å². The molecule has 0 aromatic carbocycles. The van der Waals surface area contributed by atoms with Gasteiger partial charge >= 0.3 is 0 Å². The van der Waals surface area contributed by atoms with E-state index in [1.165, 1.54) is 0 Å². The maximum atomic E-state index is 12.8. The number of ketones is 1. The van der Waals surface area contributed by atoms with E-state index in [-0.39, 0.29) is 18.1 Å². The van der Waals surface area contributed by atoms with Crippen LogP contribution in [0.15, 0.2) is 6.07 Å². The highest BCUT2D eigenvalue weighted by Crippen LogP contribution is 2.37. The van der Waals surface area contributed by atoms with Crippen LogP contribution in [-0.4, -0.2) is 21.9 Å². The van der Waals surface area contributed by atoms with Gasteiger partial charge in [-0.05, 0) is 26.8 Å². The van der Waals surface area contributed by atoms with E-state index in [4.69, 9.17) is 0 Å². The topological polar surface area (TPSA) is 74.8 Å². The van der Waals surface area contributed by atoms with Crippen LogP contribution in [0.3, 0.4) is 0 Å². The molecule has 0 bridgehead atoms. The summed E-state index contributed by atoms with van der Waals surface area (Å²) in [6.45, 7) is 5.79. The molecule has 6 heteroatoms. The largest absolute Gasteiger partial charge is 0.309 e. The Morgan fingerprint density at radius 3 is 2.80 bits per heavy atom. The molecule has 1 unspecified atom stereocenters. The highest BCUT2D eigenvalue weighted by Gasteiger charge is 2.35. The van der Waals surface area contributed by atoms with Crippen molar-refractivity contribution in [2.75, 3.05) is 5.32 Å². The number of aryl methyl sites for hydroxylation is 3. The summed E-state index contributed by atoms with van der Waals surface area (Å²) in [6.07, 6.45) is 0.181. The van der Waals surface area contributed by atoms with E-state index in [1.807, 2.05) is 26.8 Å². The number of nitrogens with one attached hydrogen (secondary N) is 2. The molecule has 2 aromatic rings. The Bertz CT molecular complexity index is 714. The highest BCUT2D eigenvalue weighted by atomic mass is 32.1. The zero-order chi connectivity index (χ0) is 14.4. The number of carbonyl (C=O) groups is 2. The minimum atomic E-state index is -0.440. The van der Waals surface area contributed by atoms with Crippen molar-refractivity contribution < 1.29 is 9.59 Å². The van der Waals surface area contributed by atoms with Gasteiger partial charge in [-0.1, -0.05) is 0 Å². The van der Waals surface area contributed by atoms with Gasteiger partial charge < -0.3 is 5.32 Å². The van der Waals surface area contributed by atoms with Gasteiger partial charge in [0.15, 0.2) is 11.6 Å². The van der Waals surface area contributed by atoms with E-state index in [0.717, 1.165) is 26.6 Å². The number of Topliss-reactive ketones (excluding diaryl/α,β-unsaturated/α-hetero) is 1. The Balaban J connectivity index is 2.06. The van der Waals surface area contributed by atoms with Gasteiger partial charge in [0.25, 0.3) is 0 Å². The summed E-state index contributed by atoms with van der Waals surface area (Å²) < 4.78 is 0. The second kappa shape index (κ2) is 4.56. The van der Waals surface area contributed by atoms with Crippen LogP contribution in [0, 0.1) is 20.8 Å². The van der Waals surface area contributed by atoms with Crippen molar-refractivity contribution in [3.05, 3.63) is 32.6 Å². The van der Waals surface area contributed by atoms with Crippen molar-refractivity contribution in [2.45, 2.75) is 33.1 Å². The number of H-pyrrole nitrogens is 1. The van der Waals surface area contributed by atoms with Crippen molar-refractivity contribution in [2.24, 2.45) is 0 Å². The van der Waals surface area contributed by atoms with Crippen LogP contribution >= 0.6 is 11.3 Å². The predicted octanol–water partition coefficient (Wildman–Crippen LogP) is 2.71. The maximum Gasteiger partial charge on any atom is 0.226 e. The summed E-state index contributed by atoms with van der Waals surface area (Å²) in [5.41, 5.74) is 2.37. The van der Waals surface area contributed by atoms with Gasteiger partial charge in [0.1, 0.15) is 0 Å². The third-order valence-corrected chi connectivity index (χ3v) is 4.58. The summed E-state index contributed by atoms with van der Waals surface area (Å²) in [5.74, 6) is -0.105. The number of carbonyl (C=O) groups excluding carboxylic acids is 2. The van der Waals surface area contributed by atoms with Crippen molar-refractivity contribution in [1.29, 1.82) is 0 Å². The van der Waals surface area contributed by atoms with Gasteiger partial charge in [-0.2, -0.15) is 5.10 Å². The number of nitrogens with zero attached hydrogens (tertiary/aromatic N) is 1. The van der Waals surface area contributed by atoms with E-state index in [2.05, 4.69) is 15.5 Å². The van der Waals surface area contributed by atoms with Gasteiger partial charge in [0.2, 0.25) is 5.91 Å². The normalized spacial score (nSPS) is 17.8. The smallest absolute Gasteiger partial charge is 0.226 e. The number of anilines is 1. The Morgan fingerprint density at radius 1 is 1.40 bits per heavy atom. The fourth-order valence-electron chi connectivity index (χ4n) is 2.72. The summed E-state index contributed by atoms with van der Waals surface area (Å²) >= 11 is 1.61. The van der Waals surface area contributed by atoms with Crippen LogP contribution in [0.2, 0.25) is 0 Å². The van der Waals surface area contributed by atoms with Crippen LogP contribution in [0.25, 0.3) is 0 Å². The first-order valence-corrected chi connectivity index (χ1v) is 7.25. The SMILES string of the molecule is Cc1cc(C(=O)C2CC(=O)Nc3n[nH]c(C)c32)c(C)s1. The standard InChI is InChI=1S/C14H15N3O2S/c1-6-4-9(8(3)20-6)13(19)10-5-11(18)15-14-12(10)7(2)16-17-14/h4,10H,5H2,1-3H3,(H2,15,16,17,18). The first kappa shape index (κ1) is 13.1. The molecule has 3 heterocycles. The van der Waals surface area contributed by atoms with E-state index in [9.17, 15) is 9.59 Å². The number of hydrogen-bond acceptors (Lipinski definition) is 4. The molecule has 5 nitrogen and oxygen atoms in total. The fourth-order valence-corrected chi connectivity index (χ4v) is 3.65. The Kier molecular flexibility index (Phi) is 2.97. The molecule has 1 atom stereocenters. The average molecular weight is 289 g/mol. The quantitative estimate of drug-likeness (QED) is 0.835. The summed E-state index contributed by atoms with van der Waals surface area (Å²) in [4.78, 5) is 26.6. The van der Waals surface area contributed by atoms with Gasteiger partial charge in [0, 0.05) is 33.0 Å². The molecule has 2 aromatic heterocycles. The Labute approximate surface area is 120 Å². The second-order valence-corrected chi connectivity index (χ2v) is 6.57. The maximum absolute atomic E-state index is 12.8. The second-order valence-electron chi connectivity index (χ2n) is 5.11. The Hall–Kier alpha value is -1.95. The number of amides is 1. The molecule has 104 valence electrons. The molecule has 0 radical (unpaired) electrons. The van der Waals surface area contributed by atoms with E-state index >= 15 is 0 Å². The highest BCUT2D eigenvalue weighted by molar-refractivity contribution is 7.12. The molecular weight excluding hydrogens is 274 g/mol. The lowest BCUT2D eigenvalue weighted by Gasteiger charge is -2.21. The molecule has 20 heavy (non-hydrogen) atoms. The molecule has 0 saturated carbocycles. The van der Waals surface area contributed by atoms with Crippen LogP contribution in [0.5, 0.6) is 0 Å². The number of thiophene rings is 1. The number of aromatic nitrogens is 2. The molecule has 0 aliphatic carbocycles. The predicted molar refractivity (Wildman–Crippen MR) is 77.4 cm³/mol. The third-order valence-electron chi connectivity index (χ3n) is 3.61. The van der Waals surface area contributed by atoms with E-state index in [0.29, 0.717) is 5.82 Å². The third kappa shape index (κ3) is 1.96. The van der Waals surface area contributed by atoms with Crippen molar-refractivity contribution in [1.82, 2.24) is 10.2 Å². The minimum absolute atomic E-state index is 0.00690. The molecular formula is C14H15N3O2S. The van der Waals surface area contributed by atoms with Gasteiger partial charge in [0.05, 0.1) is 5.92 Å². The molecule has 1 aliphatic heterocycles. The van der Waals surface area contributed by atoms with Crippen LogP contribution < -0.4 is 5.32 Å². The zero-order valence-corrected chi connectivity index (χ0v) is 12.4. The average Bonchev–Trinajstić information content (AvgIpc) is 2.91. The molecule has 0 fully saturated rings. The number of hydrogen-bond donors (Lipinski definition) is 2. The monoisotopic (exact) mass is 289 g/mol. The molecule has 3 rings (SSSR count). The molecule has 0 spiro atoms.